The van der Waals surface area contributed by atoms with Crippen molar-refractivity contribution in [3.8, 4) is 0 Å². The highest BCUT2D eigenvalue weighted by molar-refractivity contribution is 7.09. The average molecular weight is 222 g/mol. The van der Waals surface area contributed by atoms with E-state index in [0.29, 0.717) is 12.4 Å². The van der Waals surface area contributed by atoms with Crippen molar-refractivity contribution in [3.05, 3.63) is 29.0 Å². The second kappa shape index (κ2) is 4.67. The second-order valence-corrected chi connectivity index (χ2v) is 3.73. The lowest BCUT2D eigenvalue weighted by Crippen LogP contribution is -2.09. The van der Waals surface area contributed by atoms with Gasteiger partial charge in [0.1, 0.15) is 18.0 Å². The summed E-state index contributed by atoms with van der Waals surface area (Å²) in [7, 11) is 0. The van der Waals surface area contributed by atoms with Crippen LogP contribution < -0.4 is 16.6 Å². The Labute approximate surface area is 90.6 Å². The monoisotopic (exact) mass is 222 g/mol. The first-order chi connectivity index (χ1) is 7.38. The molecule has 15 heavy (non-hydrogen) atoms. The van der Waals surface area contributed by atoms with Gasteiger partial charge in [-0.15, -0.1) is 11.3 Å². The van der Waals surface area contributed by atoms with Gasteiger partial charge in [-0.25, -0.2) is 15.8 Å². The molecule has 7 heteroatoms. The molecule has 0 saturated carbocycles. The Hall–Kier alpha value is -1.73. The average Bonchev–Trinajstić information content (AvgIpc) is 2.79. The molecule has 0 aliphatic carbocycles. The fraction of sp³-hybridized carbons (Fsp3) is 0.125. The molecule has 0 radical (unpaired) electrons. The van der Waals surface area contributed by atoms with E-state index in [1.165, 1.54) is 6.33 Å². The minimum Gasteiger partial charge on any atom is -0.365 e. The van der Waals surface area contributed by atoms with Crippen LogP contribution >= 0.6 is 11.3 Å². The molecule has 0 fully saturated rings. The minimum absolute atomic E-state index is 0.580. The first-order valence-electron chi connectivity index (χ1n) is 4.28. The van der Waals surface area contributed by atoms with E-state index >= 15 is 0 Å². The number of hydrazine groups is 1. The summed E-state index contributed by atoms with van der Waals surface area (Å²) < 4.78 is 0. The number of nitrogens with one attached hydrogen (secondary N) is 2. The Morgan fingerprint density at radius 1 is 1.33 bits per heavy atom. The van der Waals surface area contributed by atoms with Crippen molar-refractivity contribution in [1.82, 2.24) is 15.0 Å². The van der Waals surface area contributed by atoms with Gasteiger partial charge in [-0.3, -0.25) is 4.98 Å². The van der Waals surface area contributed by atoms with Crippen LogP contribution in [-0.4, -0.2) is 15.0 Å². The van der Waals surface area contributed by atoms with Gasteiger partial charge < -0.3 is 10.7 Å². The Bertz CT molecular complexity index is 415. The van der Waals surface area contributed by atoms with Crippen LogP contribution in [0.1, 0.15) is 4.88 Å². The highest BCUT2D eigenvalue weighted by Gasteiger charge is 1.98. The van der Waals surface area contributed by atoms with Gasteiger partial charge in [0.15, 0.2) is 0 Å². The lowest BCUT2D eigenvalue weighted by molar-refractivity contribution is 1.08. The molecule has 78 valence electrons. The molecule has 0 amide bonds. The molecule has 2 aromatic heterocycles. The molecule has 0 bridgehead atoms. The Morgan fingerprint density at radius 2 is 2.20 bits per heavy atom. The number of aromatic nitrogens is 3. The van der Waals surface area contributed by atoms with Gasteiger partial charge >= 0.3 is 0 Å². The maximum absolute atomic E-state index is 5.23. The molecule has 2 aromatic rings. The van der Waals surface area contributed by atoms with E-state index in [9.17, 15) is 0 Å². The molecule has 0 aliphatic rings. The van der Waals surface area contributed by atoms with E-state index in [-0.39, 0.29) is 0 Å². The molecule has 0 spiro atoms. The summed E-state index contributed by atoms with van der Waals surface area (Å²) in [4.78, 5) is 13.1. The fourth-order valence-electron chi connectivity index (χ4n) is 1.04. The number of anilines is 2. The third-order valence-electron chi connectivity index (χ3n) is 1.74. The zero-order valence-corrected chi connectivity index (χ0v) is 8.66. The van der Waals surface area contributed by atoms with Gasteiger partial charge in [0.25, 0.3) is 0 Å². The normalized spacial score (nSPS) is 9.93. The van der Waals surface area contributed by atoms with Crippen LogP contribution in [0.2, 0.25) is 0 Å². The van der Waals surface area contributed by atoms with Gasteiger partial charge in [0.05, 0.1) is 12.1 Å². The maximum atomic E-state index is 5.23. The highest BCUT2D eigenvalue weighted by Crippen LogP contribution is 2.11. The summed E-state index contributed by atoms with van der Waals surface area (Å²) in [6.45, 7) is 0.700. The summed E-state index contributed by atoms with van der Waals surface area (Å²) in [5.41, 5.74) is 4.26. The fourth-order valence-corrected chi connectivity index (χ4v) is 1.57. The quantitative estimate of drug-likeness (QED) is 0.524. The van der Waals surface area contributed by atoms with Gasteiger partial charge in [-0.1, -0.05) is 0 Å². The predicted molar refractivity (Wildman–Crippen MR) is 59.3 cm³/mol. The van der Waals surface area contributed by atoms with Crippen LogP contribution in [0.15, 0.2) is 24.1 Å². The SMILES string of the molecule is NNc1cc(NCc2cncs2)ncn1. The molecule has 0 unspecified atom stereocenters. The largest absolute Gasteiger partial charge is 0.365 e. The van der Waals surface area contributed by atoms with Crippen molar-refractivity contribution in [2.24, 2.45) is 5.84 Å². The van der Waals surface area contributed by atoms with E-state index in [1.54, 1.807) is 22.9 Å². The van der Waals surface area contributed by atoms with Crippen molar-refractivity contribution >= 4 is 23.0 Å². The van der Waals surface area contributed by atoms with Gasteiger partial charge in [0.2, 0.25) is 0 Å². The van der Waals surface area contributed by atoms with Crippen LogP contribution in [0.3, 0.4) is 0 Å². The van der Waals surface area contributed by atoms with E-state index in [2.05, 4.69) is 25.7 Å². The summed E-state index contributed by atoms with van der Waals surface area (Å²) in [6, 6.07) is 1.74. The molecule has 0 saturated heterocycles. The number of nitrogens with two attached hydrogens (primary N) is 1. The van der Waals surface area contributed by atoms with Gasteiger partial charge in [0, 0.05) is 17.1 Å². The van der Waals surface area contributed by atoms with Crippen LogP contribution in [0.4, 0.5) is 11.6 Å². The predicted octanol–water partition coefficient (Wildman–Crippen LogP) is 0.831. The smallest absolute Gasteiger partial charge is 0.145 e. The molecule has 0 aliphatic heterocycles. The Morgan fingerprint density at radius 3 is 2.93 bits per heavy atom. The van der Waals surface area contributed by atoms with E-state index < -0.39 is 0 Å². The number of rotatable bonds is 4. The third-order valence-corrected chi connectivity index (χ3v) is 2.52. The van der Waals surface area contributed by atoms with E-state index in [0.717, 1.165) is 10.7 Å². The Balaban J connectivity index is 1.98. The zero-order valence-electron chi connectivity index (χ0n) is 7.84. The molecule has 0 atom stereocenters. The van der Waals surface area contributed by atoms with Crippen molar-refractivity contribution in [1.29, 1.82) is 0 Å². The van der Waals surface area contributed by atoms with Gasteiger partial charge in [-0.2, -0.15) is 0 Å². The summed E-state index contributed by atoms with van der Waals surface area (Å²) in [6.07, 6.45) is 3.27. The van der Waals surface area contributed by atoms with Crippen LogP contribution in [0, 0.1) is 0 Å². The second-order valence-electron chi connectivity index (χ2n) is 2.75. The van der Waals surface area contributed by atoms with Crippen molar-refractivity contribution in [2.75, 3.05) is 10.7 Å². The number of hydrogen-bond acceptors (Lipinski definition) is 7. The Kier molecular flexibility index (Phi) is 3.05. The lowest BCUT2D eigenvalue weighted by atomic mass is 10.5. The lowest BCUT2D eigenvalue weighted by Gasteiger charge is -2.04. The van der Waals surface area contributed by atoms with Crippen molar-refractivity contribution < 1.29 is 0 Å². The van der Waals surface area contributed by atoms with Gasteiger partial charge in [-0.05, 0) is 0 Å². The minimum atomic E-state index is 0.580. The zero-order chi connectivity index (χ0) is 10.5. The summed E-state index contributed by atoms with van der Waals surface area (Å²) >= 11 is 1.59. The summed E-state index contributed by atoms with van der Waals surface area (Å²) in [5, 5.41) is 3.15. The molecule has 6 nitrogen and oxygen atoms in total. The highest BCUT2D eigenvalue weighted by atomic mass is 32.1. The van der Waals surface area contributed by atoms with E-state index in [1.807, 2.05) is 6.20 Å². The maximum Gasteiger partial charge on any atom is 0.145 e. The summed E-state index contributed by atoms with van der Waals surface area (Å²) in [5.74, 6) is 6.54. The molecular formula is C8H10N6S. The standard InChI is InChI=1S/C8H10N6S/c9-14-8-1-7(12-4-13-8)11-3-6-2-10-5-15-6/h1-2,4-5H,3,9H2,(H2,11,12,13,14). The first kappa shape index (κ1) is 9.81. The van der Waals surface area contributed by atoms with Crippen LogP contribution in [0.5, 0.6) is 0 Å². The third kappa shape index (κ3) is 2.61. The van der Waals surface area contributed by atoms with Crippen LogP contribution in [0.25, 0.3) is 0 Å². The molecule has 2 rings (SSSR count). The van der Waals surface area contributed by atoms with Crippen molar-refractivity contribution in [2.45, 2.75) is 6.54 Å². The molecule has 4 N–H and O–H groups in total. The van der Waals surface area contributed by atoms with Crippen molar-refractivity contribution in [3.63, 3.8) is 0 Å². The molecule has 2 heterocycles. The molecule has 0 aromatic carbocycles. The number of thiazole rings is 1. The number of nitrogens with zero attached hydrogens (tertiary/aromatic N) is 3. The number of hydrogen-bond donors (Lipinski definition) is 3. The topological polar surface area (TPSA) is 88.8 Å². The first-order valence-corrected chi connectivity index (χ1v) is 5.16. The molecular weight excluding hydrogens is 212 g/mol. The van der Waals surface area contributed by atoms with E-state index in [4.69, 9.17) is 5.84 Å². The number of nitrogen functional groups attached to an aromatic ring is 1. The van der Waals surface area contributed by atoms with Crippen LogP contribution in [-0.2, 0) is 6.54 Å².